The molecule has 2 rings (SSSR count). The second kappa shape index (κ2) is 5.38. The van der Waals surface area contributed by atoms with Gasteiger partial charge in [0.15, 0.2) is 0 Å². The first-order valence-electron chi connectivity index (χ1n) is 6.75. The number of rotatable bonds is 3. The van der Waals surface area contributed by atoms with Crippen molar-refractivity contribution in [2.45, 2.75) is 46.5 Å². The summed E-state index contributed by atoms with van der Waals surface area (Å²) in [5.74, 6) is 0.252. The first-order valence-corrected chi connectivity index (χ1v) is 6.75. The second-order valence-electron chi connectivity index (χ2n) is 4.82. The van der Waals surface area contributed by atoms with Crippen LogP contribution in [0.25, 0.3) is 0 Å². The van der Waals surface area contributed by atoms with Gasteiger partial charge < -0.3 is 0 Å². The van der Waals surface area contributed by atoms with Gasteiger partial charge in [0, 0.05) is 12.4 Å². The molecule has 0 aliphatic carbocycles. The Morgan fingerprint density at radius 2 is 2.05 bits per heavy atom. The number of aromatic nitrogens is 4. The summed E-state index contributed by atoms with van der Waals surface area (Å²) in [7, 11) is 0. The Morgan fingerprint density at radius 1 is 1.32 bits per heavy atom. The van der Waals surface area contributed by atoms with E-state index in [2.05, 4.69) is 37.9 Å². The molecular weight excluding hydrogens is 240 g/mol. The van der Waals surface area contributed by atoms with Gasteiger partial charge in [-0.3, -0.25) is 0 Å². The van der Waals surface area contributed by atoms with E-state index in [1.165, 1.54) is 14.9 Å². The van der Waals surface area contributed by atoms with Crippen LogP contribution in [0.4, 0.5) is 4.79 Å². The third-order valence-corrected chi connectivity index (χ3v) is 3.22. The van der Waals surface area contributed by atoms with Crippen molar-refractivity contribution in [3.05, 3.63) is 35.4 Å². The van der Waals surface area contributed by atoms with Crippen LogP contribution in [0, 0.1) is 0 Å². The summed E-state index contributed by atoms with van der Waals surface area (Å²) in [6.07, 6.45) is 4.97. The highest BCUT2D eigenvalue weighted by molar-refractivity contribution is 5.78. The summed E-state index contributed by atoms with van der Waals surface area (Å²) in [4.78, 5) is 12.4. The van der Waals surface area contributed by atoms with Crippen molar-refractivity contribution < 1.29 is 4.79 Å². The Balaban J connectivity index is 2.56. The first kappa shape index (κ1) is 13.5. The van der Waals surface area contributed by atoms with E-state index in [-0.39, 0.29) is 11.9 Å². The van der Waals surface area contributed by atoms with E-state index in [1.54, 1.807) is 18.5 Å². The predicted octanol–water partition coefficient (Wildman–Crippen LogP) is 2.84. The van der Waals surface area contributed by atoms with Gasteiger partial charge in [-0.2, -0.15) is 19.6 Å². The molecule has 19 heavy (non-hydrogen) atoms. The maximum Gasteiger partial charge on any atom is 0.369 e. The molecule has 0 unspecified atom stereocenters. The van der Waals surface area contributed by atoms with Crippen LogP contribution < -0.4 is 0 Å². The molecule has 0 saturated carbocycles. The SMILES string of the molecule is CCc1nn(C(=O)n2cccn2)c(C(C)C)c1CC. The fourth-order valence-corrected chi connectivity index (χ4v) is 2.40. The van der Waals surface area contributed by atoms with Gasteiger partial charge in [0.1, 0.15) is 0 Å². The summed E-state index contributed by atoms with van der Waals surface area (Å²) in [5, 5.41) is 8.47. The Bertz CT molecular complexity index is 567. The largest absolute Gasteiger partial charge is 0.369 e. The van der Waals surface area contributed by atoms with Crippen LogP contribution >= 0.6 is 0 Å². The maximum atomic E-state index is 12.4. The zero-order valence-electron chi connectivity index (χ0n) is 11.9. The zero-order valence-corrected chi connectivity index (χ0v) is 11.9. The van der Waals surface area contributed by atoms with E-state index < -0.39 is 0 Å². The lowest BCUT2D eigenvalue weighted by molar-refractivity contribution is 0.237. The lowest BCUT2D eigenvalue weighted by Gasteiger charge is -2.10. The molecule has 0 aliphatic rings. The van der Waals surface area contributed by atoms with Gasteiger partial charge in [0.2, 0.25) is 0 Å². The number of hydrogen-bond donors (Lipinski definition) is 0. The molecule has 0 saturated heterocycles. The molecule has 0 bridgehead atoms. The Kier molecular flexibility index (Phi) is 3.83. The van der Waals surface area contributed by atoms with Crippen molar-refractivity contribution in [1.82, 2.24) is 19.6 Å². The number of carbonyl (C=O) groups is 1. The van der Waals surface area contributed by atoms with E-state index >= 15 is 0 Å². The van der Waals surface area contributed by atoms with Crippen molar-refractivity contribution >= 4 is 6.03 Å². The second-order valence-corrected chi connectivity index (χ2v) is 4.82. The Labute approximate surface area is 113 Å². The van der Waals surface area contributed by atoms with Crippen LogP contribution in [0.2, 0.25) is 0 Å². The van der Waals surface area contributed by atoms with Gasteiger partial charge in [-0.25, -0.2) is 4.79 Å². The van der Waals surface area contributed by atoms with Crippen molar-refractivity contribution in [2.75, 3.05) is 0 Å². The molecule has 102 valence electrons. The predicted molar refractivity (Wildman–Crippen MR) is 73.5 cm³/mol. The van der Waals surface area contributed by atoms with Gasteiger partial charge in [0.25, 0.3) is 0 Å². The third-order valence-electron chi connectivity index (χ3n) is 3.22. The van der Waals surface area contributed by atoms with Crippen molar-refractivity contribution in [1.29, 1.82) is 0 Å². The highest BCUT2D eigenvalue weighted by atomic mass is 16.2. The number of carbonyl (C=O) groups excluding carboxylic acids is 1. The minimum absolute atomic E-state index is 0.219. The Morgan fingerprint density at radius 3 is 2.53 bits per heavy atom. The smallest absolute Gasteiger partial charge is 0.244 e. The fraction of sp³-hybridized carbons (Fsp3) is 0.500. The number of hydrogen-bond acceptors (Lipinski definition) is 3. The monoisotopic (exact) mass is 260 g/mol. The topological polar surface area (TPSA) is 52.7 Å². The highest BCUT2D eigenvalue weighted by Crippen LogP contribution is 2.24. The molecular formula is C14H20N4O. The molecule has 2 heterocycles. The van der Waals surface area contributed by atoms with E-state index in [9.17, 15) is 4.79 Å². The summed E-state index contributed by atoms with van der Waals surface area (Å²) in [5.41, 5.74) is 3.20. The molecule has 0 atom stereocenters. The molecule has 0 amide bonds. The van der Waals surface area contributed by atoms with Gasteiger partial charge in [0.05, 0.1) is 11.4 Å². The van der Waals surface area contributed by atoms with E-state index in [0.29, 0.717) is 0 Å². The minimum Gasteiger partial charge on any atom is -0.244 e. The van der Waals surface area contributed by atoms with E-state index in [1.807, 2.05) is 0 Å². The summed E-state index contributed by atoms with van der Waals surface area (Å²) >= 11 is 0. The van der Waals surface area contributed by atoms with E-state index in [0.717, 1.165) is 24.2 Å². The molecule has 5 heteroatoms. The Hall–Kier alpha value is -1.91. The van der Waals surface area contributed by atoms with Gasteiger partial charge in [-0.1, -0.05) is 27.7 Å². The molecule has 0 radical (unpaired) electrons. The quantitative estimate of drug-likeness (QED) is 0.852. The van der Waals surface area contributed by atoms with Crippen molar-refractivity contribution in [3.63, 3.8) is 0 Å². The maximum absolute atomic E-state index is 12.4. The van der Waals surface area contributed by atoms with Crippen LogP contribution in [0.15, 0.2) is 18.5 Å². The van der Waals surface area contributed by atoms with Gasteiger partial charge in [-0.05, 0) is 30.4 Å². The van der Waals surface area contributed by atoms with Crippen molar-refractivity contribution in [3.8, 4) is 0 Å². The fourth-order valence-electron chi connectivity index (χ4n) is 2.40. The zero-order chi connectivity index (χ0) is 14.0. The summed E-state index contributed by atoms with van der Waals surface area (Å²) < 4.78 is 2.83. The van der Waals surface area contributed by atoms with E-state index in [4.69, 9.17) is 0 Å². The summed E-state index contributed by atoms with van der Waals surface area (Å²) in [6.45, 7) is 8.34. The van der Waals surface area contributed by atoms with Gasteiger partial charge >= 0.3 is 6.03 Å². The van der Waals surface area contributed by atoms with Gasteiger partial charge in [-0.15, -0.1) is 0 Å². The highest BCUT2D eigenvalue weighted by Gasteiger charge is 2.22. The molecule has 0 spiro atoms. The number of aryl methyl sites for hydroxylation is 1. The standard InChI is InChI=1S/C14H20N4O/c1-5-11-12(6-2)16-18(13(11)10(3)4)14(19)17-9-7-8-15-17/h7-10H,5-6H2,1-4H3. The third kappa shape index (κ3) is 2.32. The average molecular weight is 260 g/mol. The normalized spacial score (nSPS) is 11.2. The van der Waals surface area contributed by atoms with Crippen LogP contribution in [0.3, 0.4) is 0 Å². The minimum atomic E-state index is -0.219. The molecule has 0 aliphatic heterocycles. The average Bonchev–Trinajstić information content (AvgIpc) is 3.04. The molecule has 0 aromatic carbocycles. The lowest BCUT2D eigenvalue weighted by atomic mass is 10.0. The number of nitrogens with zero attached hydrogens (tertiary/aromatic N) is 4. The summed E-state index contributed by atoms with van der Waals surface area (Å²) in [6, 6.07) is 1.51. The molecule has 2 aromatic rings. The first-order chi connectivity index (χ1) is 9.10. The van der Waals surface area contributed by atoms with Crippen molar-refractivity contribution in [2.24, 2.45) is 0 Å². The molecule has 5 nitrogen and oxygen atoms in total. The lowest BCUT2D eigenvalue weighted by Crippen LogP contribution is -2.23. The van der Waals surface area contributed by atoms with Crippen LogP contribution in [0.5, 0.6) is 0 Å². The molecule has 2 aromatic heterocycles. The molecule has 0 N–H and O–H groups in total. The van der Waals surface area contributed by atoms with Crippen LogP contribution in [0.1, 0.15) is 50.6 Å². The van der Waals surface area contributed by atoms with Crippen LogP contribution in [-0.2, 0) is 12.8 Å². The van der Waals surface area contributed by atoms with Crippen LogP contribution in [-0.4, -0.2) is 25.6 Å². The molecule has 0 fully saturated rings.